The van der Waals surface area contributed by atoms with Gasteiger partial charge in [0.15, 0.2) is 9.84 Å². The van der Waals surface area contributed by atoms with E-state index in [-0.39, 0.29) is 22.6 Å². The molecule has 3 aromatic rings. The number of sulfone groups is 1. The molecule has 9 heteroatoms. The molecule has 0 atom stereocenters. The van der Waals surface area contributed by atoms with E-state index in [4.69, 9.17) is 4.74 Å². The molecule has 0 aliphatic rings. The Labute approximate surface area is 166 Å². The van der Waals surface area contributed by atoms with Crippen LogP contribution in [0.15, 0.2) is 47.4 Å². The molecule has 0 spiro atoms. The predicted molar refractivity (Wildman–Crippen MR) is 103 cm³/mol. The molecule has 1 N–H and O–H groups in total. The van der Waals surface area contributed by atoms with Crippen molar-refractivity contribution in [2.24, 2.45) is 0 Å². The third-order valence-electron chi connectivity index (χ3n) is 4.55. The van der Waals surface area contributed by atoms with Crippen LogP contribution in [-0.4, -0.2) is 32.0 Å². The van der Waals surface area contributed by atoms with Gasteiger partial charge in [-0.1, -0.05) is 24.3 Å². The number of nitrogens with zero attached hydrogens (tertiary/aromatic N) is 1. The van der Waals surface area contributed by atoms with Gasteiger partial charge >= 0.3 is 6.18 Å². The van der Waals surface area contributed by atoms with Crippen molar-refractivity contribution in [2.75, 3.05) is 13.4 Å². The Balaban J connectivity index is 2.07. The summed E-state index contributed by atoms with van der Waals surface area (Å²) < 4.78 is 69.0. The zero-order valence-electron chi connectivity index (χ0n) is 16.0. The highest BCUT2D eigenvalue weighted by Gasteiger charge is 2.37. The molecule has 0 saturated carbocycles. The Morgan fingerprint density at radius 2 is 1.76 bits per heavy atom. The molecule has 29 heavy (non-hydrogen) atoms. The highest BCUT2D eigenvalue weighted by atomic mass is 32.2. The molecule has 0 radical (unpaired) electrons. The number of ether oxygens (including phenoxy) is 1. The topological polar surface area (TPSA) is 72.1 Å². The van der Waals surface area contributed by atoms with Crippen LogP contribution in [0.5, 0.6) is 5.75 Å². The summed E-state index contributed by atoms with van der Waals surface area (Å²) in [7, 11) is -1.88. The number of alkyl halides is 3. The Morgan fingerprint density at radius 1 is 1.10 bits per heavy atom. The van der Waals surface area contributed by atoms with Crippen molar-refractivity contribution < 1.29 is 26.3 Å². The van der Waals surface area contributed by atoms with E-state index < -0.39 is 21.7 Å². The number of hydrogen-bond acceptors (Lipinski definition) is 4. The maximum absolute atomic E-state index is 13.5. The number of rotatable bonds is 5. The van der Waals surface area contributed by atoms with Crippen LogP contribution in [-0.2, 0) is 22.4 Å². The van der Waals surface area contributed by atoms with E-state index in [1.165, 1.54) is 31.4 Å². The second-order valence-electron chi connectivity index (χ2n) is 6.70. The number of aromatic amines is 1. The van der Waals surface area contributed by atoms with Crippen LogP contribution in [0, 0.1) is 6.92 Å². The van der Waals surface area contributed by atoms with Crippen molar-refractivity contribution in [1.82, 2.24) is 10.2 Å². The van der Waals surface area contributed by atoms with Crippen LogP contribution in [0.4, 0.5) is 13.2 Å². The van der Waals surface area contributed by atoms with E-state index >= 15 is 0 Å². The number of nitrogens with one attached hydrogen (secondary N) is 1. The average molecular weight is 424 g/mol. The van der Waals surface area contributed by atoms with E-state index in [0.29, 0.717) is 16.9 Å². The number of aromatic nitrogens is 2. The van der Waals surface area contributed by atoms with Gasteiger partial charge in [-0.3, -0.25) is 5.10 Å². The third kappa shape index (κ3) is 4.45. The number of halogens is 3. The van der Waals surface area contributed by atoms with Gasteiger partial charge in [0.05, 0.1) is 17.7 Å². The Hall–Kier alpha value is -2.81. The molecule has 154 valence electrons. The summed E-state index contributed by atoms with van der Waals surface area (Å²) in [5.41, 5.74) is 1.07. The Bertz CT molecular complexity index is 1130. The molecular weight excluding hydrogens is 405 g/mol. The molecule has 0 amide bonds. The predicted octanol–water partition coefficient (Wildman–Crippen LogP) is 4.41. The van der Waals surface area contributed by atoms with Crippen LogP contribution < -0.4 is 4.74 Å². The van der Waals surface area contributed by atoms with Crippen LogP contribution in [0.3, 0.4) is 0 Å². The lowest BCUT2D eigenvalue weighted by molar-refractivity contribution is -0.141. The monoisotopic (exact) mass is 424 g/mol. The maximum atomic E-state index is 13.5. The third-order valence-corrected chi connectivity index (χ3v) is 5.68. The van der Waals surface area contributed by atoms with Gasteiger partial charge in [-0.15, -0.1) is 0 Å². The van der Waals surface area contributed by atoms with Gasteiger partial charge in [0.1, 0.15) is 11.4 Å². The lowest BCUT2D eigenvalue weighted by atomic mass is 9.97. The second-order valence-corrected chi connectivity index (χ2v) is 8.72. The SMILES string of the molecule is COc1ccc(Cc2c(-c3ccc(S(C)(=O)=O)cc3)n[nH]c2C(F)(F)F)cc1C. The van der Waals surface area contributed by atoms with Crippen LogP contribution in [0.1, 0.15) is 22.4 Å². The van der Waals surface area contributed by atoms with Crippen LogP contribution in [0.2, 0.25) is 0 Å². The van der Waals surface area contributed by atoms with Gasteiger partial charge < -0.3 is 4.74 Å². The number of hydrogen-bond donors (Lipinski definition) is 1. The van der Waals surface area contributed by atoms with Crippen LogP contribution >= 0.6 is 0 Å². The largest absolute Gasteiger partial charge is 0.496 e. The summed E-state index contributed by atoms with van der Waals surface area (Å²) in [4.78, 5) is 0.0835. The number of H-pyrrole nitrogens is 1. The molecule has 3 rings (SSSR count). The van der Waals surface area contributed by atoms with Crippen LogP contribution in [0.25, 0.3) is 11.3 Å². The molecule has 0 aliphatic heterocycles. The zero-order chi connectivity index (χ0) is 21.4. The van der Waals surface area contributed by atoms with E-state index in [0.717, 1.165) is 11.8 Å². The zero-order valence-corrected chi connectivity index (χ0v) is 16.8. The molecule has 5 nitrogen and oxygen atoms in total. The molecule has 0 saturated heterocycles. The number of methoxy groups -OCH3 is 1. The first-order valence-corrected chi connectivity index (χ1v) is 10.5. The minimum absolute atomic E-state index is 0.000656. The summed E-state index contributed by atoms with van der Waals surface area (Å²) in [6.45, 7) is 1.81. The van der Waals surface area contributed by atoms with Crippen molar-refractivity contribution in [3.8, 4) is 17.0 Å². The van der Waals surface area contributed by atoms with E-state index in [1.807, 2.05) is 6.92 Å². The second kappa shape index (κ2) is 7.55. The van der Waals surface area contributed by atoms with Crippen molar-refractivity contribution in [1.29, 1.82) is 0 Å². The molecule has 1 aromatic heterocycles. The van der Waals surface area contributed by atoms with Gasteiger partial charge in [0.25, 0.3) is 0 Å². The normalized spacial score (nSPS) is 12.2. The van der Waals surface area contributed by atoms with Crippen molar-refractivity contribution in [3.63, 3.8) is 0 Å². The van der Waals surface area contributed by atoms with Gasteiger partial charge in [0.2, 0.25) is 0 Å². The first-order valence-electron chi connectivity index (χ1n) is 8.59. The fraction of sp³-hybridized carbons (Fsp3) is 0.250. The summed E-state index contributed by atoms with van der Waals surface area (Å²) in [6, 6.07) is 10.8. The number of aryl methyl sites for hydroxylation is 1. The quantitative estimate of drug-likeness (QED) is 0.659. The summed E-state index contributed by atoms with van der Waals surface area (Å²) in [5, 5.41) is 5.98. The smallest absolute Gasteiger partial charge is 0.433 e. The molecule has 0 fully saturated rings. The lowest BCUT2D eigenvalue weighted by Gasteiger charge is -2.11. The summed E-state index contributed by atoms with van der Waals surface area (Å²) >= 11 is 0. The number of benzene rings is 2. The van der Waals surface area contributed by atoms with Gasteiger partial charge in [-0.2, -0.15) is 18.3 Å². The lowest BCUT2D eigenvalue weighted by Crippen LogP contribution is -2.09. The van der Waals surface area contributed by atoms with E-state index in [9.17, 15) is 21.6 Å². The maximum Gasteiger partial charge on any atom is 0.433 e. The van der Waals surface area contributed by atoms with Crippen molar-refractivity contribution in [3.05, 3.63) is 64.8 Å². The molecule has 0 bridgehead atoms. The highest BCUT2D eigenvalue weighted by Crippen LogP contribution is 2.36. The molecule has 2 aromatic carbocycles. The van der Waals surface area contributed by atoms with Gasteiger partial charge in [0, 0.05) is 23.8 Å². The Morgan fingerprint density at radius 3 is 2.28 bits per heavy atom. The minimum atomic E-state index is -4.60. The molecule has 0 aliphatic carbocycles. The summed E-state index contributed by atoms with van der Waals surface area (Å²) in [5.74, 6) is 0.647. The fourth-order valence-electron chi connectivity index (χ4n) is 3.13. The molecule has 0 unspecified atom stereocenters. The van der Waals surface area contributed by atoms with E-state index in [1.54, 1.807) is 18.2 Å². The summed E-state index contributed by atoms with van der Waals surface area (Å²) in [6.07, 6.45) is -3.54. The van der Waals surface area contributed by atoms with Gasteiger partial charge in [-0.25, -0.2) is 8.42 Å². The van der Waals surface area contributed by atoms with Crippen molar-refractivity contribution in [2.45, 2.75) is 24.4 Å². The standard InChI is InChI=1S/C20H19F3N2O3S/c1-12-10-13(4-9-17(12)28-2)11-16-18(24-25-19(16)20(21,22)23)14-5-7-15(8-6-14)29(3,26)27/h4-10H,11H2,1-3H3,(H,24,25). The first kappa shape index (κ1) is 20.9. The van der Waals surface area contributed by atoms with Crippen molar-refractivity contribution >= 4 is 9.84 Å². The van der Waals surface area contributed by atoms with E-state index in [2.05, 4.69) is 10.2 Å². The average Bonchev–Trinajstić information content (AvgIpc) is 3.05. The molecular formula is C20H19F3N2O3S. The fourth-order valence-corrected chi connectivity index (χ4v) is 3.76. The molecule has 1 heterocycles. The highest BCUT2D eigenvalue weighted by molar-refractivity contribution is 7.90. The Kier molecular flexibility index (Phi) is 5.44. The minimum Gasteiger partial charge on any atom is -0.496 e. The van der Waals surface area contributed by atoms with Gasteiger partial charge in [-0.05, 0) is 36.2 Å². The first-order chi connectivity index (χ1) is 13.5.